The number of imidazole rings is 2. The number of hydrogen-bond donors (Lipinski definition) is 0. The fourth-order valence-corrected chi connectivity index (χ4v) is 10.4. The molecule has 1 aliphatic carbocycles. The van der Waals surface area contributed by atoms with Gasteiger partial charge in [0.15, 0.2) is 0 Å². The summed E-state index contributed by atoms with van der Waals surface area (Å²) >= 11 is 0. The number of fused-ring (bicyclic) bond motifs is 20. The zero-order valence-electron chi connectivity index (χ0n) is 26.5. The third-order valence-electron chi connectivity index (χ3n) is 12.1. The molecular weight excluding hydrogens is 583 g/mol. The Morgan fingerprint density at radius 1 is 0.479 bits per heavy atom. The molecule has 5 heteroatoms. The van der Waals surface area contributed by atoms with Crippen LogP contribution in [-0.2, 0) is 5.41 Å². The maximum atomic E-state index is 2.65. The molecule has 0 saturated heterocycles. The van der Waals surface area contributed by atoms with Crippen LogP contribution in [0.4, 0.5) is 0 Å². The Bertz CT molecular complexity index is 3160. The van der Waals surface area contributed by atoms with Gasteiger partial charge in [0.1, 0.15) is 11.3 Å². The second-order valence-corrected chi connectivity index (χ2v) is 14.5. The molecule has 0 bridgehead atoms. The SMILES string of the molecule is CC1(C)c2ccccc2-c2cc3c4c(c21)-n1c2ccccc2n2c5ccccc5c(c12)B4c1c2ccccc2n2c4ccccc4n-3c12. The molecule has 10 aromatic rings. The molecule has 0 atom stereocenters. The number of hydrogen-bond acceptors (Lipinski definition) is 0. The molecule has 0 amide bonds. The van der Waals surface area contributed by atoms with Crippen molar-refractivity contribution in [2.75, 3.05) is 0 Å². The second kappa shape index (κ2) is 7.61. The Balaban J connectivity index is 1.39. The molecule has 0 N–H and O–H groups in total. The molecule has 2 aliphatic heterocycles. The first-order chi connectivity index (χ1) is 23.6. The van der Waals surface area contributed by atoms with Gasteiger partial charge in [-0.05, 0) is 91.9 Å². The van der Waals surface area contributed by atoms with E-state index in [0.717, 1.165) is 0 Å². The van der Waals surface area contributed by atoms with E-state index in [1.165, 1.54) is 105 Å². The van der Waals surface area contributed by atoms with Crippen LogP contribution in [0, 0.1) is 0 Å². The Hall–Kier alpha value is -5.94. The van der Waals surface area contributed by atoms with Crippen LogP contribution in [0.3, 0.4) is 0 Å². The first-order valence-corrected chi connectivity index (χ1v) is 17.0. The monoisotopic (exact) mass is 610 g/mol. The van der Waals surface area contributed by atoms with E-state index in [9.17, 15) is 0 Å². The first-order valence-electron chi connectivity index (χ1n) is 17.0. The van der Waals surface area contributed by atoms with Crippen molar-refractivity contribution in [3.63, 3.8) is 0 Å². The van der Waals surface area contributed by atoms with Crippen molar-refractivity contribution in [2.24, 2.45) is 0 Å². The quantitative estimate of drug-likeness (QED) is 0.156. The van der Waals surface area contributed by atoms with Crippen molar-refractivity contribution < 1.29 is 0 Å². The standard InChI is InChI=1S/C43H27BN4/c1-43(2)28-16-6-3-13-24(28)27-23-35-39-40(36(27)43)48-34-22-12-11-21-33(34)46-30-18-8-5-15-26(30)38(42(46)48)44(39)37-25-14-4-7-17-29(25)45-31-19-9-10-20-32(31)47(35)41(37)45/h3-23H,1-2H3. The highest BCUT2D eigenvalue weighted by molar-refractivity contribution is 7.02. The summed E-state index contributed by atoms with van der Waals surface area (Å²) in [5.41, 5.74) is 22.4. The third-order valence-corrected chi connectivity index (χ3v) is 12.1. The summed E-state index contributed by atoms with van der Waals surface area (Å²) in [6.45, 7) is 4.94. The summed E-state index contributed by atoms with van der Waals surface area (Å²) < 4.78 is 10.3. The van der Waals surface area contributed by atoms with E-state index in [1.54, 1.807) is 0 Å². The van der Waals surface area contributed by atoms with Crippen LogP contribution in [0.15, 0.2) is 127 Å². The zero-order chi connectivity index (χ0) is 31.2. The van der Waals surface area contributed by atoms with Gasteiger partial charge >= 0.3 is 0 Å². The third kappa shape index (κ3) is 2.36. The molecule has 0 saturated carbocycles. The van der Waals surface area contributed by atoms with Crippen LogP contribution < -0.4 is 16.4 Å². The molecule has 0 radical (unpaired) electrons. The van der Waals surface area contributed by atoms with Gasteiger partial charge in [-0.15, -0.1) is 0 Å². The van der Waals surface area contributed by atoms with Gasteiger partial charge in [0.25, 0.3) is 6.71 Å². The lowest BCUT2D eigenvalue weighted by Crippen LogP contribution is -2.59. The average Bonchev–Trinajstić information content (AvgIpc) is 3.89. The predicted molar refractivity (Wildman–Crippen MR) is 199 cm³/mol. The Kier molecular flexibility index (Phi) is 3.85. The van der Waals surface area contributed by atoms with Crippen LogP contribution >= 0.6 is 0 Å². The Morgan fingerprint density at radius 2 is 0.979 bits per heavy atom. The van der Waals surface area contributed by atoms with Gasteiger partial charge in [0.2, 0.25) is 0 Å². The van der Waals surface area contributed by atoms with E-state index in [1.807, 2.05) is 0 Å². The number of rotatable bonds is 0. The van der Waals surface area contributed by atoms with E-state index in [0.29, 0.717) is 0 Å². The van der Waals surface area contributed by atoms with Gasteiger partial charge in [-0.3, -0.25) is 17.9 Å². The lowest BCUT2D eigenvalue weighted by molar-refractivity contribution is 0.657. The maximum Gasteiger partial charge on any atom is 0.258 e. The minimum atomic E-state index is -0.177. The summed E-state index contributed by atoms with van der Waals surface area (Å²) in [6.07, 6.45) is 0. The van der Waals surface area contributed by atoms with Gasteiger partial charge in [-0.2, -0.15) is 0 Å². The highest BCUT2D eigenvalue weighted by Crippen LogP contribution is 2.53. The van der Waals surface area contributed by atoms with Crippen molar-refractivity contribution in [3.05, 3.63) is 139 Å². The summed E-state index contributed by atoms with van der Waals surface area (Å²) in [5, 5.41) is 2.68. The molecule has 6 aromatic carbocycles. The van der Waals surface area contributed by atoms with Gasteiger partial charge in [-0.25, -0.2) is 0 Å². The number of nitrogens with zero attached hydrogens (tertiary/aromatic N) is 4. The molecule has 222 valence electrons. The van der Waals surface area contributed by atoms with Gasteiger partial charge < -0.3 is 0 Å². The summed E-state index contributed by atoms with van der Waals surface area (Å²) in [6, 6.07) is 47.8. The maximum absolute atomic E-state index is 2.65. The van der Waals surface area contributed by atoms with E-state index in [-0.39, 0.29) is 12.1 Å². The van der Waals surface area contributed by atoms with E-state index in [4.69, 9.17) is 0 Å². The number of benzene rings is 6. The Morgan fingerprint density at radius 3 is 1.62 bits per heavy atom. The molecule has 13 rings (SSSR count). The minimum Gasteiger partial charge on any atom is -0.295 e. The molecule has 0 spiro atoms. The minimum absolute atomic E-state index is 0.0678. The van der Waals surface area contributed by atoms with Crippen LogP contribution in [0.2, 0.25) is 0 Å². The average molecular weight is 611 g/mol. The molecule has 4 nitrogen and oxygen atoms in total. The topological polar surface area (TPSA) is 18.7 Å². The fraction of sp³-hybridized carbons (Fsp3) is 0.0698. The molecule has 4 aromatic heterocycles. The first kappa shape index (κ1) is 24.3. The molecule has 0 fully saturated rings. The van der Waals surface area contributed by atoms with Gasteiger partial charge in [0, 0.05) is 16.8 Å². The van der Waals surface area contributed by atoms with Gasteiger partial charge in [0.05, 0.1) is 33.1 Å². The lowest BCUT2D eigenvalue weighted by atomic mass is 9.34. The molecule has 0 unspecified atom stereocenters. The smallest absolute Gasteiger partial charge is 0.258 e. The summed E-state index contributed by atoms with van der Waals surface area (Å²) in [5.74, 6) is 0. The molecule has 3 aliphatic rings. The van der Waals surface area contributed by atoms with Crippen LogP contribution in [0.1, 0.15) is 25.0 Å². The molecule has 48 heavy (non-hydrogen) atoms. The molecular formula is C43H27BN4. The van der Waals surface area contributed by atoms with Crippen molar-refractivity contribution >= 4 is 78.3 Å². The normalized spacial score (nSPS) is 15.0. The predicted octanol–water partition coefficient (Wildman–Crippen LogP) is 7.84. The zero-order valence-corrected chi connectivity index (χ0v) is 26.5. The fourth-order valence-electron chi connectivity index (χ4n) is 10.4. The van der Waals surface area contributed by atoms with Crippen molar-refractivity contribution in [1.29, 1.82) is 0 Å². The Labute approximate surface area is 275 Å². The number of aromatic nitrogens is 4. The number of para-hydroxylation sites is 6. The van der Waals surface area contributed by atoms with Crippen molar-refractivity contribution in [2.45, 2.75) is 19.3 Å². The summed E-state index contributed by atoms with van der Waals surface area (Å²) in [7, 11) is 0. The van der Waals surface area contributed by atoms with Crippen molar-refractivity contribution in [1.82, 2.24) is 17.9 Å². The highest BCUT2D eigenvalue weighted by atomic mass is 15.2. The second-order valence-electron chi connectivity index (χ2n) is 14.5. The summed E-state index contributed by atoms with van der Waals surface area (Å²) in [4.78, 5) is 0. The highest BCUT2D eigenvalue weighted by Gasteiger charge is 2.49. The van der Waals surface area contributed by atoms with Gasteiger partial charge in [-0.1, -0.05) is 98.8 Å². The van der Waals surface area contributed by atoms with Crippen molar-refractivity contribution in [3.8, 4) is 22.5 Å². The largest absolute Gasteiger partial charge is 0.295 e. The lowest BCUT2D eigenvalue weighted by Gasteiger charge is -2.35. The van der Waals surface area contributed by atoms with E-state index < -0.39 is 0 Å². The molecule has 6 heterocycles. The van der Waals surface area contributed by atoms with Crippen LogP contribution in [0.5, 0.6) is 0 Å². The van der Waals surface area contributed by atoms with Crippen LogP contribution in [-0.4, -0.2) is 24.6 Å². The van der Waals surface area contributed by atoms with Crippen LogP contribution in [0.25, 0.3) is 77.7 Å². The van der Waals surface area contributed by atoms with E-state index in [2.05, 4.69) is 159 Å². The van der Waals surface area contributed by atoms with E-state index >= 15 is 0 Å².